The Morgan fingerprint density at radius 2 is 2.06 bits per heavy atom. The van der Waals surface area contributed by atoms with Crippen LogP contribution >= 0.6 is 0 Å². The van der Waals surface area contributed by atoms with Crippen LogP contribution in [0.2, 0.25) is 0 Å². The SMILES string of the molecule is CC1CCC(CN)(c2nc(C(C)C)no2)CC1. The number of rotatable bonds is 3. The number of aromatic nitrogens is 2. The molecular formula is C13H23N3O. The fourth-order valence-electron chi connectivity index (χ4n) is 2.50. The van der Waals surface area contributed by atoms with Gasteiger partial charge >= 0.3 is 0 Å². The Balaban J connectivity index is 2.22. The Hall–Kier alpha value is -0.900. The molecule has 1 aliphatic carbocycles. The third-order valence-electron chi connectivity index (χ3n) is 4.03. The summed E-state index contributed by atoms with van der Waals surface area (Å²) in [6.07, 6.45) is 4.56. The monoisotopic (exact) mass is 237 g/mol. The molecule has 17 heavy (non-hydrogen) atoms. The quantitative estimate of drug-likeness (QED) is 0.877. The van der Waals surface area contributed by atoms with Gasteiger partial charge in [-0.1, -0.05) is 25.9 Å². The van der Waals surface area contributed by atoms with Gasteiger partial charge in [-0.05, 0) is 31.6 Å². The maximum absolute atomic E-state index is 5.97. The Morgan fingerprint density at radius 3 is 2.53 bits per heavy atom. The Morgan fingerprint density at radius 1 is 1.41 bits per heavy atom. The normalized spacial score (nSPS) is 29.8. The lowest BCUT2D eigenvalue weighted by molar-refractivity contribution is 0.191. The van der Waals surface area contributed by atoms with Crippen molar-refractivity contribution < 1.29 is 4.52 Å². The van der Waals surface area contributed by atoms with E-state index in [-0.39, 0.29) is 5.41 Å². The van der Waals surface area contributed by atoms with E-state index in [9.17, 15) is 0 Å². The first-order valence-corrected chi connectivity index (χ1v) is 6.61. The zero-order valence-electron chi connectivity index (χ0n) is 11.1. The predicted molar refractivity (Wildman–Crippen MR) is 66.8 cm³/mol. The average Bonchev–Trinajstić information content (AvgIpc) is 2.81. The lowest BCUT2D eigenvalue weighted by atomic mass is 9.71. The zero-order chi connectivity index (χ0) is 12.5. The first-order chi connectivity index (χ1) is 8.07. The Kier molecular flexibility index (Phi) is 3.52. The van der Waals surface area contributed by atoms with Gasteiger partial charge in [0.05, 0.1) is 5.41 Å². The number of nitrogens with zero attached hydrogens (tertiary/aromatic N) is 2. The maximum atomic E-state index is 5.97. The topological polar surface area (TPSA) is 64.9 Å². The van der Waals surface area contributed by atoms with E-state index in [1.807, 2.05) is 0 Å². The van der Waals surface area contributed by atoms with Crippen LogP contribution < -0.4 is 5.73 Å². The molecule has 0 radical (unpaired) electrons. The van der Waals surface area contributed by atoms with Gasteiger partial charge in [0.15, 0.2) is 5.82 Å². The van der Waals surface area contributed by atoms with E-state index in [0.29, 0.717) is 12.5 Å². The molecule has 0 spiro atoms. The van der Waals surface area contributed by atoms with E-state index in [2.05, 4.69) is 30.9 Å². The lowest BCUT2D eigenvalue weighted by Crippen LogP contribution is -2.39. The third kappa shape index (κ3) is 2.37. The minimum absolute atomic E-state index is 0.0628. The van der Waals surface area contributed by atoms with Crippen LogP contribution in [0.4, 0.5) is 0 Å². The second kappa shape index (κ2) is 4.77. The second-order valence-corrected chi connectivity index (χ2v) is 5.78. The molecule has 1 saturated carbocycles. The van der Waals surface area contributed by atoms with E-state index >= 15 is 0 Å². The molecule has 0 unspecified atom stereocenters. The summed E-state index contributed by atoms with van der Waals surface area (Å²) in [5.74, 6) is 2.66. The highest BCUT2D eigenvalue weighted by Crippen LogP contribution is 2.40. The summed E-state index contributed by atoms with van der Waals surface area (Å²) in [4.78, 5) is 4.54. The van der Waals surface area contributed by atoms with E-state index in [0.717, 1.165) is 30.5 Å². The standard InChI is InChI=1S/C13H23N3O/c1-9(2)11-15-12(17-16-11)13(8-14)6-4-10(3)5-7-13/h9-10H,4-8,14H2,1-3H3. The highest BCUT2D eigenvalue weighted by atomic mass is 16.5. The molecule has 1 heterocycles. The summed E-state index contributed by atoms with van der Waals surface area (Å²) in [6.45, 7) is 7.06. The summed E-state index contributed by atoms with van der Waals surface area (Å²) in [5.41, 5.74) is 5.91. The van der Waals surface area contributed by atoms with E-state index in [1.165, 1.54) is 12.8 Å². The fraction of sp³-hybridized carbons (Fsp3) is 0.846. The van der Waals surface area contributed by atoms with Gasteiger partial charge in [-0.2, -0.15) is 4.98 Å². The van der Waals surface area contributed by atoms with Gasteiger partial charge in [0, 0.05) is 12.5 Å². The van der Waals surface area contributed by atoms with E-state index < -0.39 is 0 Å². The summed E-state index contributed by atoms with van der Waals surface area (Å²) in [5, 5.41) is 4.06. The molecule has 0 aliphatic heterocycles. The molecule has 0 atom stereocenters. The number of hydrogen-bond acceptors (Lipinski definition) is 4. The van der Waals surface area contributed by atoms with Crippen LogP contribution in [-0.2, 0) is 5.41 Å². The highest BCUT2D eigenvalue weighted by Gasteiger charge is 2.39. The van der Waals surface area contributed by atoms with Gasteiger partial charge in [-0.15, -0.1) is 0 Å². The minimum Gasteiger partial charge on any atom is -0.339 e. The molecule has 4 nitrogen and oxygen atoms in total. The molecule has 96 valence electrons. The van der Waals surface area contributed by atoms with Crippen molar-refractivity contribution in [3.63, 3.8) is 0 Å². The van der Waals surface area contributed by atoms with Crippen LogP contribution in [0, 0.1) is 5.92 Å². The molecule has 0 saturated heterocycles. The van der Waals surface area contributed by atoms with Crippen molar-refractivity contribution in [3.8, 4) is 0 Å². The van der Waals surface area contributed by atoms with Crippen molar-refractivity contribution in [1.82, 2.24) is 10.1 Å². The molecule has 1 fully saturated rings. The summed E-state index contributed by atoms with van der Waals surface area (Å²) in [6, 6.07) is 0. The number of nitrogens with two attached hydrogens (primary N) is 1. The van der Waals surface area contributed by atoms with Crippen LogP contribution in [0.25, 0.3) is 0 Å². The van der Waals surface area contributed by atoms with Gasteiger partial charge in [-0.3, -0.25) is 0 Å². The third-order valence-corrected chi connectivity index (χ3v) is 4.03. The first-order valence-electron chi connectivity index (χ1n) is 6.61. The summed E-state index contributed by atoms with van der Waals surface area (Å²) in [7, 11) is 0. The van der Waals surface area contributed by atoms with Crippen LogP contribution in [0.15, 0.2) is 4.52 Å². The molecule has 0 bridgehead atoms. The van der Waals surface area contributed by atoms with Crippen molar-refractivity contribution in [3.05, 3.63) is 11.7 Å². The Bertz CT molecular complexity index is 364. The molecular weight excluding hydrogens is 214 g/mol. The number of hydrogen-bond donors (Lipinski definition) is 1. The maximum Gasteiger partial charge on any atom is 0.234 e. The van der Waals surface area contributed by atoms with Gasteiger partial charge in [0.1, 0.15) is 0 Å². The molecule has 1 aliphatic rings. The van der Waals surface area contributed by atoms with Crippen molar-refractivity contribution in [1.29, 1.82) is 0 Å². The molecule has 0 aromatic carbocycles. The Labute approximate surface area is 103 Å². The van der Waals surface area contributed by atoms with Crippen LogP contribution in [0.3, 0.4) is 0 Å². The predicted octanol–water partition coefficient (Wildman–Crippen LogP) is 2.60. The van der Waals surface area contributed by atoms with Gasteiger partial charge in [0.2, 0.25) is 5.89 Å². The fourth-order valence-corrected chi connectivity index (χ4v) is 2.50. The van der Waals surface area contributed by atoms with Crippen LogP contribution in [0.5, 0.6) is 0 Å². The largest absolute Gasteiger partial charge is 0.339 e. The summed E-state index contributed by atoms with van der Waals surface area (Å²) >= 11 is 0. The lowest BCUT2D eigenvalue weighted by Gasteiger charge is -2.35. The smallest absolute Gasteiger partial charge is 0.234 e. The van der Waals surface area contributed by atoms with E-state index in [4.69, 9.17) is 10.3 Å². The molecule has 2 N–H and O–H groups in total. The minimum atomic E-state index is -0.0628. The first kappa shape index (κ1) is 12.6. The molecule has 0 amide bonds. The van der Waals surface area contributed by atoms with Crippen molar-refractivity contribution in [2.24, 2.45) is 11.7 Å². The molecule has 2 rings (SSSR count). The molecule has 1 aromatic heterocycles. The zero-order valence-corrected chi connectivity index (χ0v) is 11.1. The average molecular weight is 237 g/mol. The van der Waals surface area contributed by atoms with Gasteiger partial charge in [0.25, 0.3) is 0 Å². The molecule has 4 heteroatoms. The van der Waals surface area contributed by atoms with Gasteiger partial charge < -0.3 is 10.3 Å². The van der Waals surface area contributed by atoms with Gasteiger partial charge in [-0.25, -0.2) is 0 Å². The van der Waals surface area contributed by atoms with Crippen LogP contribution in [-0.4, -0.2) is 16.7 Å². The molecule has 1 aromatic rings. The van der Waals surface area contributed by atoms with Crippen molar-refractivity contribution >= 4 is 0 Å². The highest BCUT2D eigenvalue weighted by molar-refractivity contribution is 5.09. The van der Waals surface area contributed by atoms with Crippen LogP contribution in [0.1, 0.15) is 64.1 Å². The van der Waals surface area contributed by atoms with Crippen molar-refractivity contribution in [2.45, 2.75) is 57.8 Å². The van der Waals surface area contributed by atoms with Crippen molar-refractivity contribution in [2.75, 3.05) is 6.54 Å². The second-order valence-electron chi connectivity index (χ2n) is 5.78. The summed E-state index contributed by atoms with van der Waals surface area (Å²) < 4.78 is 5.45. The van der Waals surface area contributed by atoms with E-state index in [1.54, 1.807) is 0 Å².